The van der Waals surface area contributed by atoms with Gasteiger partial charge in [-0.25, -0.2) is 9.37 Å². The fourth-order valence-electron chi connectivity index (χ4n) is 2.58. The van der Waals surface area contributed by atoms with E-state index in [9.17, 15) is 9.18 Å². The normalized spacial score (nSPS) is 10.6. The van der Waals surface area contributed by atoms with E-state index in [1.165, 1.54) is 30.6 Å². The van der Waals surface area contributed by atoms with E-state index in [0.717, 1.165) is 11.1 Å². The van der Waals surface area contributed by atoms with Crippen LogP contribution in [0.1, 0.15) is 11.1 Å². The number of methoxy groups -OCH3 is 1. The van der Waals surface area contributed by atoms with E-state index >= 15 is 0 Å². The number of ether oxygens (including phenoxy) is 2. The average molecular weight is 421 g/mol. The average Bonchev–Trinajstić information content (AvgIpc) is 3.12. The molecule has 3 aromatic rings. The molecule has 0 saturated carbocycles. The number of nitrogens with one attached hydrogen (secondary N) is 1. The first-order valence-electron chi connectivity index (χ1n) is 8.36. The van der Waals surface area contributed by atoms with Crippen LogP contribution in [0.4, 0.5) is 9.52 Å². The summed E-state index contributed by atoms with van der Waals surface area (Å²) >= 11 is 7.37. The van der Waals surface area contributed by atoms with Crippen LogP contribution in [0.15, 0.2) is 35.7 Å². The van der Waals surface area contributed by atoms with Gasteiger partial charge in [-0.1, -0.05) is 11.6 Å². The van der Waals surface area contributed by atoms with E-state index in [4.69, 9.17) is 21.1 Å². The molecule has 0 aliphatic rings. The summed E-state index contributed by atoms with van der Waals surface area (Å²) in [6.07, 6.45) is 0. The molecule has 5 nitrogen and oxygen atoms in total. The summed E-state index contributed by atoms with van der Waals surface area (Å²) in [5, 5.41) is 5.51. The van der Waals surface area contributed by atoms with Crippen molar-refractivity contribution < 1.29 is 18.7 Å². The summed E-state index contributed by atoms with van der Waals surface area (Å²) in [6, 6.07) is 8.14. The Morgan fingerprint density at radius 2 is 1.96 bits per heavy atom. The number of carbonyl (C=O) groups is 1. The van der Waals surface area contributed by atoms with Gasteiger partial charge < -0.3 is 9.47 Å². The monoisotopic (exact) mass is 420 g/mol. The molecule has 1 heterocycles. The minimum absolute atomic E-state index is 0.160. The maximum absolute atomic E-state index is 13.9. The number of rotatable bonds is 6. The third-order valence-electron chi connectivity index (χ3n) is 3.98. The second kappa shape index (κ2) is 8.58. The summed E-state index contributed by atoms with van der Waals surface area (Å²) in [6.45, 7) is 3.59. The molecule has 1 amide bonds. The topological polar surface area (TPSA) is 60.5 Å². The van der Waals surface area contributed by atoms with Crippen LogP contribution < -0.4 is 14.8 Å². The molecule has 146 valence electrons. The summed E-state index contributed by atoms with van der Waals surface area (Å²) in [7, 11) is 1.41. The van der Waals surface area contributed by atoms with Crippen molar-refractivity contribution in [2.45, 2.75) is 13.8 Å². The first kappa shape index (κ1) is 20.1. The molecule has 1 N–H and O–H groups in total. The molecule has 0 spiro atoms. The Kier molecular flexibility index (Phi) is 6.16. The highest BCUT2D eigenvalue weighted by Gasteiger charge is 2.12. The van der Waals surface area contributed by atoms with Gasteiger partial charge in [0.15, 0.2) is 23.3 Å². The molecule has 28 heavy (non-hydrogen) atoms. The highest BCUT2D eigenvalue weighted by atomic mass is 35.5. The molecule has 0 bridgehead atoms. The number of anilines is 1. The van der Waals surface area contributed by atoms with Gasteiger partial charge in [-0.2, -0.15) is 0 Å². The predicted molar refractivity (Wildman–Crippen MR) is 109 cm³/mol. The smallest absolute Gasteiger partial charge is 0.264 e. The number of thiazole rings is 1. The van der Waals surface area contributed by atoms with Gasteiger partial charge in [0.2, 0.25) is 0 Å². The molecule has 2 aromatic carbocycles. The van der Waals surface area contributed by atoms with Gasteiger partial charge in [-0.15, -0.1) is 11.3 Å². The van der Waals surface area contributed by atoms with E-state index in [1.807, 2.05) is 13.8 Å². The molecule has 0 fully saturated rings. The number of halogens is 2. The van der Waals surface area contributed by atoms with Gasteiger partial charge >= 0.3 is 0 Å². The molecule has 3 rings (SSSR count). The third-order valence-corrected chi connectivity index (χ3v) is 5.33. The highest BCUT2D eigenvalue weighted by molar-refractivity contribution is 7.14. The third kappa shape index (κ3) is 4.61. The summed E-state index contributed by atoms with van der Waals surface area (Å²) < 4.78 is 24.3. The van der Waals surface area contributed by atoms with E-state index in [2.05, 4.69) is 10.3 Å². The Morgan fingerprint density at radius 1 is 1.25 bits per heavy atom. The molecule has 0 atom stereocenters. The van der Waals surface area contributed by atoms with Gasteiger partial charge in [0, 0.05) is 16.0 Å². The van der Waals surface area contributed by atoms with Crippen molar-refractivity contribution >= 4 is 34.0 Å². The zero-order valence-corrected chi connectivity index (χ0v) is 17.1. The fourth-order valence-corrected chi connectivity index (χ4v) is 3.43. The summed E-state index contributed by atoms with van der Waals surface area (Å²) in [4.78, 5) is 16.5. The quantitative estimate of drug-likeness (QED) is 0.592. The fraction of sp³-hybridized carbons (Fsp3) is 0.200. The lowest BCUT2D eigenvalue weighted by Crippen LogP contribution is -2.20. The second-order valence-electron chi connectivity index (χ2n) is 6.10. The number of carbonyl (C=O) groups excluding carboxylic acids is 1. The van der Waals surface area contributed by atoms with E-state index in [1.54, 1.807) is 23.6 Å². The van der Waals surface area contributed by atoms with Gasteiger partial charge in [0.25, 0.3) is 5.91 Å². The lowest BCUT2D eigenvalue weighted by Gasteiger charge is -2.09. The Morgan fingerprint density at radius 3 is 2.61 bits per heavy atom. The van der Waals surface area contributed by atoms with Crippen molar-refractivity contribution in [2.24, 2.45) is 0 Å². The lowest BCUT2D eigenvalue weighted by atomic mass is 10.1. The number of benzene rings is 2. The highest BCUT2D eigenvalue weighted by Crippen LogP contribution is 2.29. The van der Waals surface area contributed by atoms with Crippen LogP contribution in [0, 0.1) is 19.7 Å². The number of amides is 1. The van der Waals surface area contributed by atoms with E-state index < -0.39 is 5.82 Å². The zero-order valence-electron chi connectivity index (χ0n) is 15.5. The van der Waals surface area contributed by atoms with E-state index in [0.29, 0.717) is 27.2 Å². The second-order valence-corrected chi connectivity index (χ2v) is 7.33. The van der Waals surface area contributed by atoms with E-state index in [-0.39, 0.29) is 18.3 Å². The molecule has 0 unspecified atom stereocenters. The van der Waals surface area contributed by atoms with Crippen LogP contribution >= 0.6 is 22.9 Å². The van der Waals surface area contributed by atoms with Crippen molar-refractivity contribution in [3.05, 3.63) is 57.7 Å². The molecule has 0 aliphatic carbocycles. The van der Waals surface area contributed by atoms with Crippen LogP contribution in [0.5, 0.6) is 11.5 Å². The van der Waals surface area contributed by atoms with Crippen LogP contribution in [0.3, 0.4) is 0 Å². The number of aromatic nitrogens is 1. The van der Waals surface area contributed by atoms with Crippen molar-refractivity contribution in [2.75, 3.05) is 19.0 Å². The minimum Gasteiger partial charge on any atom is -0.494 e. The molecule has 0 aliphatic heterocycles. The molecular formula is C20H18ClFN2O3S. The predicted octanol–water partition coefficient (Wildman–Crippen LogP) is 5.25. The van der Waals surface area contributed by atoms with Gasteiger partial charge in [0.05, 0.1) is 12.8 Å². The van der Waals surface area contributed by atoms with Crippen molar-refractivity contribution in [1.29, 1.82) is 0 Å². The SMILES string of the molecule is COc1ccc(-c2csc(NC(=O)COc3cc(C)c(Cl)c(C)c3)n2)cc1F. The van der Waals surface area contributed by atoms with Gasteiger partial charge in [-0.3, -0.25) is 10.1 Å². The van der Waals surface area contributed by atoms with Gasteiger partial charge in [-0.05, 0) is 55.3 Å². The van der Waals surface area contributed by atoms with Crippen molar-refractivity contribution in [3.8, 4) is 22.8 Å². The Hall–Kier alpha value is -2.64. The maximum atomic E-state index is 13.9. The van der Waals surface area contributed by atoms with Crippen LogP contribution in [0.25, 0.3) is 11.3 Å². The largest absolute Gasteiger partial charge is 0.494 e. The standard InChI is InChI=1S/C20H18ClFN2O3S/c1-11-6-14(7-12(2)19(11)21)27-9-18(25)24-20-23-16(10-28-20)13-4-5-17(26-3)15(22)8-13/h4-8,10H,9H2,1-3H3,(H,23,24,25). The Bertz CT molecular complexity index is 999. The summed E-state index contributed by atoms with van der Waals surface area (Å²) in [5.41, 5.74) is 2.92. The van der Waals surface area contributed by atoms with Crippen LogP contribution in [-0.2, 0) is 4.79 Å². The number of aryl methyl sites for hydroxylation is 2. The van der Waals surface area contributed by atoms with Crippen LogP contribution in [-0.4, -0.2) is 24.6 Å². The summed E-state index contributed by atoms with van der Waals surface area (Å²) in [5.74, 6) is -0.0759. The Balaban J connectivity index is 1.62. The van der Waals surface area contributed by atoms with Crippen molar-refractivity contribution in [3.63, 3.8) is 0 Å². The molecular weight excluding hydrogens is 403 g/mol. The molecule has 1 aromatic heterocycles. The first-order valence-corrected chi connectivity index (χ1v) is 9.62. The number of hydrogen-bond acceptors (Lipinski definition) is 5. The molecule has 0 saturated heterocycles. The van der Waals surface area contributed by atoms with Gasteiger partial charge in [0.1, 0.15) is 5.75 Å². The zero-order chi connectivity index (χ0) is 20.3. The maximum Gasteiger partial charge on any atom is 0.264 e. The minimum atomic E-state index is -0.472. The van der Waals surface area contributed by atoms with Crippen LogP contribution in [0.2, 0.25) is 5.02 Å². The lowest BCUT2D eigenvalue weighted by molar-refractivity contribution is -0.118. The Labute approximate surface area is 171 Å². The number of nitrogens with zero attached hydrogens (tertiary/aromatic N) is 1. The number of hydrogen-bond donors (Lipinski definition) is 1. The molecule has 8 heteroatoms. The first-order chi connectivity index (χ1) is 13.4. The van der Waals surface area contributed by atoms with Crippen molar-refractivity contribution in [1.82, 2.24) is 4.98 Å². The molecule has 0 radical (unpaired) electrons.